The molecule has 2 rings (SSSR count). The molecule has 0 aliphatic carbocycles. The molecule has 16 heavy (non-hydrogen) atoms. The van der Waals surface area contributed by atoms with Gasteiger partial charge in [-0.2, -0.15) is 12.7 Å². The molecule has 1 aliphatic heterocycles. The highest BCUT2D eigenvalue weighted by molar-refractivity contribution is 7.87. The van der Waals surface area contributed by atoms with Crippen LogP contribution in [-0.2, 0) is 28.0 Å². The van der Waals surface area contributed by atoms with Gasteiger partial charge in [-0.15, -0.1) is 0 Å². The minimum atomic E-state index is -3.84. The standard InChI is InChI=1S/C10H10N2O3S/c13-8-11-16(14,15)12-6-5-9-3-1-2-4-10(9)7-12/h1-4H,5-7H2. The maximum Gasteiger partial charge on any atom is 0.333 e. The monoisotopic (exact) mass is 238 g/mol. The molecular formula is C10H10N2O3S. The number of rotatable bonds is 2. The van der Waals surface area contributed by atoms with Gasteiger partial charge in [-0.3, -0.25) is 0 Å². The van der Waals surface area contributed by atoms with Crippen LogP contribution in [0.4, 0.5) is 0 Å². The van der Waals surface area contributed by atoms with Crippen molar-refractivity contribution in [1.82, 2.24) is 4.31 Å². The van der Waals surface area contributed by atoms with Gasteiger partial charge in [0.2, 0.25) is 0 Å². The Balaban J connectivity index is 2.30. The smallest absolute Gasteiger partial charge is 0.210 e. The number of hydrogen-bond donors (Lipinski definition) is 0. The highest BCUT2D eigenvalue weighted by Gasteiger charge is 2.25. The van der Waals surface area contributed by atoms with Gasteiger partial charge < -0.3 is 0 Å². The van der Waals surface area contributed by atoms with Crippen LogP contribution in [0.5, 0.6) is 0 Å². The summed E-state index contributed by atoms with van der Waals surface area (Å²) in [6.07, 6.45) is 1.72. The molecule has 0 saturated heterocycles. The van der Waals surface area contributed by atoms with Crippen LogP contribution in [0, 0.1) is 0 Å². The second kappa shape index (κ2) is 4.17. The van der Waals surface area contributed by atoms with E-state index >= 15 is 0 Å². The molecule has 0 radical (unpaired) electrons. The van der Waals surface area contributed by atoms with Crippen LogP contribution in [0.1, 0.15) is 11.1 Å². The molecule has 0 N–H and O–H groups in total. The van der Waals surface area contributed by atoms with E-state index < -0.39 is 10.2 Å². The van der Waals surface area contributed by atoms with E-state index in [0.717, 1.165) is 17.2 Å². The molecule has 6 heteroatoms. The third-order valence-electron chi connectivity index (χ3n) is 2.57. The van der Waals surface area contributed by atoms with Gasteiger partial charge in [0.15, 0.2) is 0 Å². The molecule has 0 atom stereocenters. The number of isocyanates is 1. The second-order valence-corrected chi connectivity index (χ2v) is 5.11. The molecule has 5 nitrogen and oxygen atoms in total. The van der Waals surface area contributed by atoms with Crippen molar-refractivity contribution in [3.05, 3.63) is 35.4 Å². The van der Waals surface area contributed by atoms with Gasteiger partial charge in [0, 0.05) is 13.1 Å². The Labute approximate surface area is 93.6 Å². The molecule has 0 aromatic heterocycles. The van der Waals surface area contributed by atoms with Gasteiger partial charge in [-0.1, -0.05) is 28.7 Å². The number of carbonyl (C=O) groups excluding carboxylic acids is 1. The van der Waals surface area contributed by atoms with Crippen molar-refractivity contribution in [1.29, 1.82) is 0 Å². The molecule has 1 aromatic carbocycles. The van der Waals surface area contributed by atoms with Crippen molar-refractivity contribution < 1.29 is 13.2 Å². The molecule has 0 unspecified atom stereocenters. The molecule has 1 aliphatic rings. The summed E-state index contributed by atoms with van der Waals surface area (Å²) in [7, 11) is -3.84. The number of fused-ring (bicyclic) bond motifs is 1. The molecule has 0 spiro atoms. The van der Waals surface area contributed by atoms with Crippen LogP contribution < -0.4 is 0 Å². The van der Waals surface area contributed by atoms with Gasteiger partial charge in [0.05, 0.1) is 0 Å². The average molecular weight is 238 g/mol. The molecule has 0 bridgehead atoms. The zero-order valence-corrected chi connectivity index (χ0v) is 9.27. The third kappa shape index (κ3) is 2.04. The average Bonchev–Trinajstić information content (AvgIpc) is 2.28. The van der Waals surface area contributed by atoms with E-state index in [2.05, 4.69) is 4.40 Å². The minimum Gasteiger partial charge on any atom is -0.210 e. The van der Waals surface area contributed by atoms with E-state index in [1.807, 2.05) is 24.3 Å². The van der Waals surface area contributed by atoms with Crippen molar-refractivity contribution in [2.24, 2.45) is 4.40 Å². The highest BCUT2D eigenvalue weighted by Crippen LogP contribution is 2.20. The lowest BCUT2D eigenvalue weighted by Gasteiger charge is -2.25. The number of benzene rings is 1. The lowest BCUT2D eigenvalue weighted by atomic mass is 10.0. The first-order valence-corrected chi connectivity index (χ1v) is 6.19. The Morgan fingerprint density at radius 3 is 2.62 bits per heavy atom. The molecule has 1 heterocycles. The van der Waals surface area contributed by atoms with Gasteiger partial charge in [0.25, 0.3) is 6.08 Å². The molecule has 0 amide bonds. The van der Waals surface area contributed by atoms with Crippen molar-refractivity contribution in [3.63, 3.8) is 0 Å². The van der Waals surface area contributed by atoms with E-state index in [4.69, 9.17) is 0 Å². The van der Waals surface area contributed by atoms with Crippen LogP contribution in [-0.4, -0.2) is 25.3 Å². The summed E-state index contributed by atoms with van der Waals surface area (Å²) in [5, 5.41) is 0. The Morgan fingerprint density at radius 2 is 1.94 bits per heavy atom. The van der Waals surface area contributed by atoms with Gasteiger partial charge >= 0.3 is 10.2 Å². The van der Waals surface area contributed by atoms with E-state index in [1.54, 1.807) is 0 Å². The van der Waals surface area contributed by atoms with Crippen LogP contribution >= 0.6 is 0 Å². The molecule has 0 fully saturated rings. The Morgan fingerprint density at radius 1 is 1.25 bits per heavy atom. The third-order valence-corrected chi connectivity index (χ3v) is 3.84. The summed E-state index contributed by atoms with van der Waals surface area (Å²) >= 11 is 0. The van der Waals surface area contributed by atoms with Crippen molar-refractivity contribution in [2.45, 2.75) is 13.0 Å². The quantitative estimate of drug-likeness (QED) is 0.560. The number of nitrogens with zero attached hydrogens (tertiary/aromatic N) is 2. The first kappa shape index (κ1) is 11.0. The van der Waals surface area contributed by atoms with Crippen LogP contribution in [0.25, 0.3) is 0 Å². The lowest BCUT2D eigenvalue weighted by molar-refractivity contribution is 0.392. The molecule has 1 aromatic rings. The normalized spacial score (nSPS) is 16.2. The van der Waals surface area contributed by atoms with E-state index in [0.29, 0.717) is 13.0 Å². The van der Waals surface area contributed by atoms with Gasteiger partial charge in [-0.25, -0.2) is 4.79 Å². The lowest BCUT2D eigenvalue weighted by Crippen LogP contribution is -2.34. The first-order valence-electron chi connectivity index (χ1n) is 4.79. The van der Waals surface area contributed by atoms with Crippen LogP contribution in [0.2, 0.25) is 0 Å². The van der Waals surface area contributed by atoms with Crippen LogP contribution in [0.3, 0.4) is 0 Å². The maximum absolute atomic E-state index is 11.5. The van der Waals surface area contributed by atoms with Crippen molar-refractivity contribution >= 4 is 16.3 Å². The SMILES string of the molecule is O=C=NS(=O)(=O)N1CCc2ccccc2C1. The molecule has 0 saturated carbocycles. The topological polar surface area (TPSA) is 66.8 Å². The largest absolute Gasteiger partial charge is 0.333 e. The minimum absolute atomic E-state index is 0.268. The predicted octanol–water partition coefficient (Wildman–Crippen LogP) is 0.625. The highest BCUT2D eigenvalue weighted by atomic mass is 32.2. The second-order valence-electron chi connectivity index (χ2n) is 3.51. The zero-order valence-electron chi connectivity index (χ0n) is 8.46. The van der Waals surface area contributed by atoms with Gasteiger partial charge in [0.1, 0.15) is 0 Å². The molecule has 84 valence electrons. The van der Waals surface area contributed by atoms with Crippen molar-refractivity contribution in [3.8, 4) is 0 Å². The fourth-order valence-electron chi connectivity index (χ4n) is 1.77. The first-order chi connectivity index (χ1) is 7.63. The van der Waals surface area contributed by atoms with Crippen LogP contribution in [0.15, 0.2) is 28.7 Å². The fraction of sp³-hybridized carbons (Fsp3) is 0.300. The Bertz CT molecular complexity index is 547. The summed E-state index contributed by atoms with van der Waals surface area (Å²) in [5.74, 6) is 0. The summed E-state index contributed by atoms with van der Waals surface area (Å²) in [5.41, 5.74) is 2.10. The Hall–Kier alpha value is -1.49. The van der Waals surface area contributed by atoms with Crippen molar-refractivity contribution in [2.75, 3.05) is 6.54 Å². The molecular weight excluding hydrogens is 228 g/mol. The zero-order chi connectivity index (χ0) is 11.6. The van der Waals surface area contributed by atoms with E-state index in [1.165, 1.54) is 4.31 Å². The summed E-state index contributed by atoms with van der Waals surface area (Å²) < 4.78 is 27.0. The summed E-state index contributed by atoms with van der Waals surface area (Å²) in [4.78, 5) is 10.0. The predicted molar refractivity (Wildman–Crippen MR) is 57.6 cm³/mol. The summed E-state index contributed by atoms with van der Waals surface area (Å²) in [6.45, 7) is 0.619. The number of hydrogen-bond acceptors (Lipinski definition) is 3. The Kier molecular flexibility index (Phi) is 2.87. The maximum atomic E-state index is 11.5. The fourth-order valence-corrected chi connectivity index (χ4v) is 2.61. The van der Waals surface area contributed by atoms with E-state index in [-0.39, 0.29) is 6.54 Å². The summed E-state index contributed by atoms with van der Waals surface area (Å²) in [6, 6.07) is 7.63. The van der Waals surface area contributed by atoms with Gasteiger partial charge in [-0.05, 0) is 17.5 Å². The van der Waals surface area contributed by atoms with E-state index in [9.17, 15) is 13.2 Å².